The van der Waals surface area contributed by atoms with Crippen LogP contribution in [0.3, 0.4) is 0 Å². The first-order valence-electron chi connectivity index (χ1n) is 6.85. The molecule has 0 atom stereocenters. The summed E-state index contributed by atoms with van der Waals surface area (Å²) in [7, 11) is 0. The minimum absolute atomic E-state index is 0.0939. The zero-order valence-electron chi connectivity index (χ0n) is 11.6. The number of carbonyl (C=O) groups is 1. The molecule has 5 heteroatoms. The Balaban J connectivity index is 1.96. The van der Waals surface area contributed by atoms with E-state index < -0.39 is 0 Å². The molecular formula is C15H19BrClNO2. The molecule has 0 spiro atoms. The molecule has 2 rings (SSSR count). The van der Waals surface area contributed by atoms with Gasteiger partial charge in [-0.05, 0) is 47.3 Å². The van der Waals surface area contributed by atoms with Gasteiger partial charge in [0.1, 0.15) is 0 Å². The van der Waals surface area contributed by atoms with Crippen molar-refractivity contribution in [2.75, 3.05) is 25.6 Å². The molecule has 1 aliphatic rings. The Bertz CT molecular complexity index is 473. The highest BCUT2D eigenvalue weighted by atomic mass is 79.9. The summed E-state index contributed by atoms with van der Waals surface area (Å²) in [5, 5.41) is 0. The Kier molecular flexibility index (Phi) is 5.87. The van der Waals surface area contributed by atoms with Gasteiger partial charge in [-0.1, -0.05) is 12.1 Å². The van der Waals surface area contributed by atoms with Gasteiger partial charge in [-0.2, -0.15) is 0 Å². The van der Waals surface area contributed by atoms with Gasteiger partial charge < -0.3 is 9.64 Å². The number of hydrogen-bond donors (Lipinski definition) is 0. The first-order valence-corrected chi connectivity index (χ1v) is 8.18. The summed E-state index contributed by atoms with van der Waals surface area (Å²) < 4.78 is 6.52. The number of hydrogen-bond acceptors (Lipinski definition) is 2. The highest BCUT2D eigenvalue weighted by Gasteiger charge is 2.25. The summed E-state index contributed by atoms with van der Waals surface area (Å²) in [5.74, 6) is 0.617. The number of rotatable bonds is 4. The molecule has 1 aliphatic heterocycles. The molecule has 0 bridgehead atoms. The van der Waals surface area contributed by atoms with Crippen LogP contribution in [0.4, 0.5) is 0 Å². The van der Waals surface area contributed by atoms with Gasteiger partial charge in [-0.3, -0.25) is 4.79 Å². The molecule has 1 aromatic carbocycles. The first-order chi connectivity index (χ1) is 9.63. The lowest BCUT2D eigenvalue weighted by Crippen LogP contribution is -2.41. The van der Waals surface area contributed by atoms with Crippen molar-refractivity contribution in [1.29, 1.82) is 0 Å². The van der Waals surface area contributed by atoms with Gasteiger partial charge in [0.2, 0.25) is 0 Å². The van der Waals surface area contributed by atoms with Crippen molar-refractivity contribution in [3.05, 3.63) is 33.8 Å². The fraction of sp³-hybridized carbons (Fsp3) is 0.533. The second-order valence-corrected chi connectivity index (χ2v) is 6.16. The van der Waals surface area contributed by atoms with Crippen LogP contribution in [0.1, 0.15) is 28.8 Å². The lowest BCUT2D eigenvalue weighted by molar-refractivity contribution is 0.0154. The summed E-state index contributed by atoms with van der Waals surface area (Å²) in [6.07, 6.45) is 2.00. The van der Waals surface area contributed by atoms with Crippen molar-refractivity contribution in [2.24, 2.45) is 0 Å². The van der Waals surface area contributed by atoms with Crippen LogP contribution in [0.15, 0.2) is 22.7 Å². The maximum Gasteiger partial charge on any atom is 0.255 e. The molecule has 0 unspecified atom stereocenters. The molecule has 0 aliphatic carbocycles. The fourth-order valence-electron chi connectivity index (χ4n) is 2.42. The van der Waals surface area contributed by atoms with Gasteiger partial charge in [0.15, 0.2) is 0 Å². The Hall–Kier alpha value is -0.580. The van der Waals surface area contributed by atoms with Crippen LogP contribution in [-0.2, 0) is 4.74 Å². The Morgan fingerprint density at radius 2 is 2.15 bits per heavy atom. The van der Waals surface area contributed by atoms with Crippen molar-refractivity contribution >= 4 is 33.4 Å². The predicted octanol–water partition coefficient (Wildman–Crippen LogP) is 3.62. The molecule has 1 aromatic rings. The number of piperidine rings is 1. The zero-order chi connectivity index (χ0) is 14.5. The molecule has 110 valence electrons. The molecule has 1 heterocycles. The number of benzene rings is 1. The van der Waals surface area contributed by atoms with E-state index in [1.165, 1.54) is 0 Å². The quantitative estimate of drug-likeness (QED) is 0.768. The third-order valence-electron chi connectivity index (χ3n) is 3.58. The van der Waals surface area contributed by atoms with E-state index in [4.69, 9.17) is 16.3 Å². The van der Waals surface area contributed by atoms with Gasteiger partial charge in [0.25, 0.3) is 5.91 Å². The number of amides is 1. The number of ether oxygens (including phenoxy) is 1. The van der Waals surface area contributed by atoms with E-state index in [0.717, 1.165) is 41.5 Å². The molecule has 1 amide bonds. The van der Waals surface area contributed by atoms with Crippen LogP contribution in [0, 0.1) is 6.92 Å². The average molecular weight is 361 g/mol. The highest BCUT2D eigenvalue weighted by Crippen LogP contribution is 2.24. The molecule has 0 radical (unpaired) electrons. The molecule has 3 nitrogen and oxygen atoms in total. The van der Waals surface area contributed by atoms with Gasteiger partial charge in [-0.15, -0.1) is 11.6 Å². The van der Waals surface area contributed by atoms with Crippen LogP contribution in [0.2, 0.25) is 0 Å². The number of halogens is 2. The summed E-state index contributed by atoms with van der Waals surface area (Å²) in [6, 6.07) is 5.78. The summed E-state index contributed by atoms with van der Waals surface area (Å²) in [4.78, 5) is 14.4. The van der Waals surface area contributed by atoms with Gasteiger partial charge in [0.05, 0.1) is 18.3 Å². The number of likely N-dealkylation sites (tertiary alicyclic amines) is 1. The Morgan fingerprint density at radius 3 is 2.80 bits per heavy atom. The Labute approximate surface area is 133 Å². The number of nitrogens with zero attached hydrogens (tertiary/aromatic N) is 1. The summed E-state index contributed by atoms with van der Waals surface area (Å²) in [6.45, 7) is 4.06. The molecular weight excluding hydrogens is 342 g/mol. The minimum atomic E-state index is 0.0939. The van der Waals surface area contributed by atoms with Crippen LogP contribution in [0.5, 0.6) is 0 Å². The molecule has 1 fully saturated rings. The first kappa shape index (κ1) is 15.8. The average Bonchev–Trinajstić information content (AvgIpc) is 2.48. The van der Waals surface area contributed by atoms with E-state index in [-0.39, 0.29) is 12.0 Å². The SMILES string of the molecule is Cc1cccc(C(=O)N2CCC(OCCCl)CC2)c1Br. The summed E-state index contributed by atoms with van der Waals surface area (Å²) >= 11 is 9.12. The molecule has 0 N–H and O–H groups in total. The molecule has 0 saturated carbocycles. The van der Waals surface area contributed by atoms with Crippen LogP contribution in [-0.4, -0.2) is 42.5 Å². The standard InChI is InChI=1S/C15H19BrClNO2/c1-11-3-2-4-13(14(11)16)15(19)18-8-5-12(6-9-18)20-10-7-17/h2-4,12H,5-10H2,1H3. The molecule has 20 heavy (non-hydrogen) atoms. The number of aryl methyl sites for hydroxylation is 1. The molecule has 0 aromatic heterocycles. The van der Waals surface area contributed by atoms with E-state index in [9.17, 15) is 4.79 Å². The van der Waals surface area contributed by atoms with Crippen molar-refractivity contribution in [2.45, 2.75) is 25.9 Å². The fourth-order valence-corrected chi connectivity index (χ4v) is 2.94. The number of alkyl halides is 1. The maximum absolute atomic E-state index is 12.5. The second kappa shape index (κ2) is 7.43. The van der Waals surface area contributed by atoms with E-state index in [1.54, 1.807) is 0 Å². The van der Waals surface area contributed by atoms with Crippen LogP contribution in [0.25, 0.3) is 0 Å². The van der Waals surface area contributed by atoms with Crippen molar-refractivity contribution in [1.82, 2.24) is 4.90 Å². The van der Waals surface area contributed by atoms with Crippen LogP contribution < -0.4 is 0 Å². The monoisotopic (exact) mass is 359 g/mol. The van der Waals surface area contributed by atoms with Crippen LogP contribution >= 0.6 is 27.5 Å². The van der Waals surface area contributed by atoms with Crippen molar-refractivity contribution in [3.63, 3.8) is 0 Å². The smallest absolute Gasteiger partial charge is 0.255 e. The lowest BCUT2D eigenvalue weighted by Gasteiger charge is -2.32. The van der Waals surface area contributed by atoms with E-state index in [0.29, 0.717) is 12.5 Å². The van der Waals surface area contributed by atoms with Crippen molar-refractivity contribution in [3.8, 4) is 0 Å². The topological polar surface area (TPSA) is 29.5 Å². The van der Waals surface area contributed by atoms with E-state index in [1.807, 2.05) is 30.0 Å². The van der Waals surface area contributed by atoms with Gasteiger partial charge in [-0.25, -0.2) is 0 Å². The minimum Gasteiger partial charge on any atom is -0.377 e. The third kappa shape index (κ3) is 3.74. The number of carbonyl (C=O) groups excluding carboxylic acids is 1. The largest absolute Gasteiger partial charge is 0.377 e. The predicted molar refractivity (Wildman–Crippen MR) is 84.5 cm³/mol. The van der Waals surface area contributed by atoms with Gasteiger partial charge in [0, 0.05) is 23.4 Å². The lowest BCUT2D eigenvalue weighted by atomic mass is 10.1. The van der Waals surface area contributed by atoms with Gasteiger partial charge >= 0.3 is 0 Å². The van der Waals surface area contributed by atoms with Crippen molar-refractivity contribution < 1.29 is 9.53 Å². The summed E-state index contributed by atoms with van der Waals surface area (Å²) in [5.41, 5.74) is 1.82. The second-order valence-electron chi connectivity index (χ2n) is 4.99. The zero-order valence-corrected chi connectivity index (χ0v) is 13.9. The Morgan fingerprint density at radius 1 is 1.45 bits per heavy atom. The molecule has 1 saturated heterocycles. The normalized spacial score (nSPS) is 16.4. The third-order valence-corrected chi connectivity index (χ3v) is 4.79. The van der Waals surface area contributed by atoms with E-state index >= 15 is 0 Å². The maximum atomic E-state index is 12.5. The highest BCUT2D eigenvalue weighted by molar-refractivity contribution is 9.10. The van der Waals surface area contributed by atoms with E-state index in [2.05, 4.69) is 15.9 Å².